The van der Waals surface area contributed by atoms with E-state index in [0.717, 1.165) is 16.9 Å². The minimum atomic E-state index is -0.501. The van der Waals surface area contributed by atoms with Crippen LogP contribution in [0.4, 0.5) is 0 Å². The van der Waals surface area contributed by atoms with Crippen LogP contribution in [0.25, 0.3) is 10.9 Å². The number of thiocarbonyl (C=S) groups is 1. The van der Waals surface area contributed by atoms with Gasteiger partial charge in [-0.25, -0.2) is 9.78 Å². The molecule has 0 radical (unpaired) electrons. The molecular formula is C25H24BrN3O4S. The number of carbonyl (C=O) groups excluding carboxylic acids is 1. The molecule has 4 rings (SSSR count). The molecule has 7 nitrogen and oxygen atoms in total. The molecule has 0 saturated carbocycles. The maximum absolute atomic E-state index is 13.3. The first-order valence-electron chi connectivity index (χ1n) is 10.6. The van der Waals surface area contributed by atoms with Gasteiger partial charge in [0.05, 0.1) is 46.4 Å². The van der Waals surface area contributed by atoms with Crippen molar-refractivity contribution < 1.29 is 19.4 Å². The number of halogens is 1. The Morgan fingerprint density at radius 3 is 2.71 bits per heavy atom. The summed E-state index contributed by atoms with van der Waals surface area (Å²) in [5.74, 6) is 0.996. The SMILES string of the molecule is CCOC(=O)c1c(C(=S)c2cccc(OC)c2)n(C)c2cc(Br)c(O)c(Cn3ccnc3C)c12. The van der Waals surface area contributed by atoms with E-state index in [0.29, 0.717) is 43.8 Å². The number of phenolic OH excluding ortho intramolecular Hbond substituents is 1. The van der Waals surface area contributed by atoms with Crippen LogP contribution >= 0.6 is 28.1 Å². The van der Waals surface area contributed by atoms with Crippen LogP contribution in [0.5, 0.6) is 11.5 Å². The van der Waals surface area contributed by atoms with Crippen molar-refractivity contribution in [2.45, 2.75) is 20.4 Å². The summed E-state index contributed by atoms with van der Waals surface area (Å²) >= 11 is 9.36. The van der Waals surface area contributed by atoms with Crippen LogP contribution in [0.1, 0.15) is 39.9 Å². The summed E-state index contributed by atoms with van der Waals surface area (Å²) in [6, 6.07) is 9.18. The molecule has 2 aromatic heterocycles. The van der Waals surface area contributed by atoms with Crippen molar-refractivity contribution in [1.82, 2.24) is 14.1 Å². The number of aryl methyl sites for hydroxylation is 2. The summed E-state index contributed by atoms with van der Waals surface area (Å²) in [5.41, 5.74) is 2.91. The first-order chi connectivity index (χ1) is 16.3. The van der Waals surface area contributed by atoms with Gasteiger partial charge in [-0.3, -0.25) is 0 Å². The Morgan fingerprint density at radius 1 is 1.29 bits per heavy atom. The molecule has 0 amide bonds. The van der Waals surface area contributed by atoms with Crippen LogP contribution in [-0.4, -0.2) is 43.8 Å². The highest BCUT2D eigenvalue weighted by atomic mass is 79.9. The zero-order chi connectivity index (χ0) is 24.6. The van der Waals surface area contributed by atoms with Crippen molar-refractivity contribution in [3.63, 3.8) is 0 Å². The number of rotatable bonds is 7. The lowest BCUT2D eigenvalue weighted by molar-refractivity contribution is 0.0528. The quantitative estimate of drug-likeness (QED) is 0.198. The molecule has 1 N–H and O–H groups in total. The molecule has 0 spiro atoms. The number of fused-ring (bicyclic) bond motifs is 1. The lowest BCUT2D eigenvalue weighted by Gasteiger charge is -2.13. The van der Waals surface area contributed by atoms with Gasteiger partial charge in [-0.2, -0.15) is 0 Å². The predicted molar refractivity (Wildman–Crippen MR) is 138 cm³/mol. The highest BCUT2D eigenvalue weighted by Gasteiger charge is 2.29. The number of phenols is 1. The minimum absolute atomic E-state index is 0.0515. The number of benzene rings is 2. The van der Waals surface area contributed by atoms with E-state index in [-0.39, 0.29) is 12.4 Å². The van der Waals surface area contributed by atoms with Crippen LogP contribution < -0.4 is 4.74 Å². The molecule has 2 aromatic carbocycles. The van der Waals surface area contributed by atoms with Crippen molar-refractivity contribution in [3.8, 4) is 11.5 Å². The summed E-state index contributed by atoms with van der Waals surface area (Å²) in [5, 5.41) is 11.6. The lowest BCUT2D eigenvalue weighted by Crippen LogP contribution is -2.14. The number of methoxy groups -OCH3 is 1. The third-order valence-corrected chi connectivity index (χ3v) is 6.83. The smallest absolute Gasteiger partial charge is 0.341 e. The average Bonchev–Trinajstić information content (AvgIpc) is 3.36. The van der Waals surface area contributed by atoms with Crippen LogP contribution in [-0.2, 0) is 18.3 Å². The highest BCUT2D eigenvalue weighted by molar-refractivity contribution is 9.10. The standard InChI is InChI=1S/C25H24BrN3O4S/c1-5-33-25(31)21-20-17(13-29-10-9-27-14(29)2)23(30)18(26)12-19(20)28(3)22(21)24(34)15-7-6-8-16(11-15)32-4/h6-12,30H,5,13H2,1-4H3. The van der Waals surface area contributed by atoms with Gasteiger partial charge in [0, 0.05) is 30.4 Å². The number of nitrogens with zero attached hydrogens (tertiary/aromatic N) is 3. The molecule has 34 heavy (non-hydrogen) atoms. The van der Waals surface area contributed by atoms with Crippen LogP contribution in [0.3, 0.4) is 0 Å². The molecule has 9 heteroatoms. The largest absolute Gasteiger partial charge is 0.506 e. The number of carbonyl (C=O) groups is 1. The number of hydrogen-bond donors (Lipinski definition) is 1. The topological polar surface area (TPSA) is 78.5 Å². The van der Waals surface area contributed by atoms with Gasteiger partial charge in [0.25, 0.3) is 0 Å². The highest BCUT2D eigenvalue weighted by Crippen LogP contribution is 2.40. The van der Waals surface area contributed by atoms with E-state index in [9.17, 15) is 9.90 Å². The number of imidazole rings is 1. The molecule has 2 heterocycles. The second-order valence-electron chi connectivity index (χ2n) is 7.75. The fourth-order valence-electron chi connectivity index (χ4n) is 4.09. The molecular weight excluding hydrogens is 518 g/mol. The Labute approximate surface area is 211 Å². The van der Waals surface area contributed by atoms with Gasteiger partial charge in [0.1, 0.15) is 17.3 Å². The first kappa shape index (κ1) is 24.0. The molecule has 0 bridgehead atoms. The fourth-order valence-corrected chi connectivity index (χ4v) is 4.91. The van der Waals surface area contributed by atoms with Gasteiger partial charge in [-0.15, -0.1) is 0 Å². The molecule has 0 saturated heterocycles. The molecule has 0 aliphatic rings. The molecule has 0 unspecified atom stereocenters. The maximum atomic E-state index is 13.3. The Kier molecular flexibility index (Phi) is 6.77. The maximum Gasteiger partial charge on any atom is 0.341 e. The van der Waals surface area contributed by atoms with Gasteiger partial charge >= 0.3 is 5.97 Å². The number of hydrogen-bond acceptors (Lipinski definition) is 6. The van der Waals surface area contributed by atoms with E-state index in [1.165, 1.54) is 0 Å². The molecule has 0 aliphatic carbocycles. The third kappa shape index (κ3) is 4.10. The molecule has 176 valence electrons. The van der Waals surface area contributed by atoms with E-state index in [1.807, 2.05) is 53.6 Å². The average molecular weight is 542 g/mol. The molecule has 4 aromatic rings. The van der Waals surface area contributed by atoms with Gasteiger partial charge in [-0.05, 0) is 53.5 Å². The lowest BCUT2D eigenvalue weighted by atomic mass is 10.0. The number of aromatic hydroxyl groups is 1. The van der Waals surface area contributed by atoms with Crippen molar-refractivity contribution in [1.29, 1.82) is 0 Å². The third-order valence-electron chi connectivity index (χ3n) is 5.80. The van der Waals surface area contributed by atoms with Gasteiger partial charge < -0.3 is 23.7 Å². The minimum Gasteiger partial charge on any atom is -0.506 e. The number of ether oxygens (including phenoxy) is 2. The summed E-state index contributed by atoms with van der Waals surface area (Å²) < 4.78 is 15.1. The first-order valence-corrected chi connectivity index (χ1v) is 11.8. The van der Waals surface area contributed by atoms with Crippen molar-refractivity contribution in [3.05, 3.63) is 75.4 Å². The Hall–Kier alpha value is -3.17. The Balaban J connectivity index is 2.05. The summed E-state index contributed by atoms with van der Waals surface area (Å²) in [6.07, 6.45) is 3.53. The van der Waals surface area contributed by atoms with E-state index in [1.54, 1.807) is 26.3 Å². The van der Waals surface area contributed by atoms with Crippen LogP contribution in [0.2, 0.25) is 0 Å². The van der Waals surface area contributed by atoms with E-state index in [4.69, 9.17) is 21.7 Å². The molecule has 0 aliphatic heterocycles. The fraction of sp³-hybridized carbons (Fsp3) is 0.240. The second-order valence-corrected chi connectivity index (χ2v) is 9.01. The summed E-state index contributed by atoms with van der Waals surface area (Å²) in [4.78, 5) is 18.1. The van der Waals surface area contributed by atoms with Crippen LogP contribution in [0, 0.1) is 6.92 Å². The molecule has 0 atom stereocenters. The normalized spacial score (nSPS) is 11.1. The summed E-state index contributed by atoms with van der Waals surface area (Å²) in [7, 11) is 3.44. The summed E-state index contributed by atoms with van der Waals surface area (Å²) in [6.45, 7) is 4.16. The second kappa shape index (κ2) is 9.60. The molecule has 0 fully saturated rings. The predicted octanol–water partition coefficient (Wildman–Crippen LogP) is 5.15. The van der Waals surface area contributed by atoms with E-state index in [2.05, 4.69) is 20.9 Å². The Bertz CT molecular complexity index is 1420. The van der Waals surface area contributed by atoms with E-state index < -0.39 is 5.97 Å². The number of esters is 1. The van der Waals surface area contributed by atoms with Gasteiger partial charge in [0.15, 0.2) is 0 Å². The van der Waals surface area contributed by atoms with E-state index >= 15 is 0 Å². The number of aromatic nitrogens is 3. The zero-order valence-electron chi connectivity index (χ0n) is 19.3. The Morgan fingerprint density at radius 2 is 2.06 bits per heavy atom. The zero-order valence-corrected chi connectivity index (χ0v) is 21.7. The van der Waals surface area contributed by atoms with Gasteiger partial charge in [0.2, 0.25) is 0 Å². The van der Waals surface area contributed by atoms with Gasteiger partial charge in [-0.1, -0.05) is 24.4 Å². The van der Waals surface area contributed by atoms with Crippen LogP contribution in [0.15, 0.2) is 47.2 Å². The van der Waals surface area contributed by atoms with Crippen molar-refractivity contribution in [2.24, 2.45) is 7.05 Å². The monoisotopic (exact) mass is 541 g/mol. The van der Waals surface area contributed by atoms with Crippen molar-refractivity contribution >= 4 is 49.9 Å². The van der Waals surface area contributed by atoms with Crippen molar-refractivity contribution in [2.75, 3.05) is 13.7 Å².